The van der Waals surface area contributed by atoms with Gasteiger partial charge in [-0.25, -0.2) is 4.98 Å². The molecule has 3 aromatic heterocycles. The van der Waals surface area contributed by atoms with Crippen LogP contribution in [0, 0.1) is 17.2 Å². The summed E-state index contributed by atoms with van der Waals surface area (Å²) < 4.78 is 49.4. The third kappa shape index (κ3) is 6.65. The zero-order valence-electron chi connectivity index (χ0n) is 22.2. The summed E-state index contributed by atoms with van der Waals surface area (Å²) in [5.41, 5.74) is 1.52. The minimum absolute atomic E-state index is 0.0849. The normalized spacial score (nSPS) is 19.6. The number of nitrogens with zero attached hydrogens (tertiary/aromatic N) is 4. The van der Waals surface area contributed by atoms with Crippen LogP contribution in [-0.2, 0) is 11.5 Å². The molecule has 0 aromatic carbocycles. The van der Waals surface area contributed by atoms with Gasteiger partial charge in [0.25, 0.3) is 0 Å². The number of nitriles is 1. The average Bonchev–Trinajstić information content (AvgIpc) is 3.27. The summed E-state index contributed by atoms with van der Waals surface area (Å²) in [6.45, 7) is 8.27. The van der Waals surface area contributed by atoms with Gasteiger partial charge < -0.3 is 19.2 Å². The number of halogens is 3. The molecule has 0 radical (unpaired) electrons. The summed E-state index contributed by atoms with van der Waals surface area (Å²) in [6.07, 6.45) is 3.51. The van der Waals surface area contributed by atoms with Crippen LogP contribution in [0.15, 0.2) is 35.5 Å². The van der Waals surface area contributed by atoms with Gasteiger partial charge in [0.1, 0.15) is 18.4 Å². The predicted molar refractivity (Wildman–Crippen MR) is 145 cm³/mol. The molecule has 1 N–H and O–H groups in total. The molecule has 0 amide bonds. The van der Waals surface area contributed by atoms with Crippen molar-refractivity contribution >= 4 is 30.0 Å². The van der Waals surface area contributed by atoms with E-state index < -0.39 is 26.7 Å². The molecule has 1 aliphatic carbocycles. The van der Waals surface area contributed by atoms with Crippen LogP contribution in [0.4, 0.5) is 13.2 Å². The molecule has 3 aromatic rings. The zero-order chi connectivity index (χ0) is 27.5. The van der Waals surface area contributed by atoms with Crippen LogP contribution in [-0.4, -0.2) is 47.6 Å². The third-order valence-corrected chi connectivity index (χ3v) is 9.15. The SMILES string of the molecule is C[Si](C)(C)CCOCn1ccc2c1ncc1c(=O)ccn(C3CCC(CNC(CC#N)C(F)(F)F)CC3)c12. The summed E-state index contributed by atoms with van der Waals surface area (Å²) >= 11 is 0. The molecule has 3 heterocycles. The van der Waals surface area contributed by atoms with Crippen LogP contribution in [0.2, 0.25) is 25.7 Å². The topological polar surface area (TPSA) is 84.9 Å². The van der Waals surface area contributed by atoms with E-state index in [9.17, 15) is 18.0 Å². The minimum Gasteiger partial charge on any atom is -0.361 e. The van der Waals surface area contributed by atoms with Crippen molar-refractivity contribution in [3.8, 4) is 6.07 Å². The number of hydrogen-bond donors (Lipinski definition) is 1. The Bertz CT molecular complexity index is 1350. The fraction of sp³-hybridized carbons (Fsp3) is 0.593. The fourth-order valence-corrected chi connectivity index (χ4v) is 5.93. The van der Waals surface area contributed by atoms with Gasteiger partial charge in [0.05, 0.1) is 23.4 Å². The quantitative estimate of drug-likeness (QED) is 0.255. The largest absolute Gasteiger partial charge is 0.404 e. The number of fused-ring (bicyclic) bond motifs is 3. The predicted octanol–water partition coefficient (Wildman–Crippen LogP) is 5.83. The maximum Gasteiger partial charge on any atom is 0.404 e. The van der Waals surface area contributed by atoms with Crippen molar-refractivity contribution in [3.05, 3.63) is 40.9 Å². The number of alkyl halides is 3. The first-order valence-electron chi connectivity index (χ1n) is 13.2. The molecule has 4 rings (SSSR count). The summed E-state index contributed by atoms with van der Waals surface area (Å²) in [5.74, 6) is 0.108. The van der Waals surface area contributed by atoms with Crippen LogP contribution in [0.5, 0.6) is 0 Å². The Hall–Kier alpha value is -2.68. The molecule has 0 bridgehead atoms. The van der Waals surface area contributed by atoms with E-state index in [2.05, 4.69) is 34.5 Å². The third-order valence-electron chi connectivity index (χ3n) is 7.45. The number of pyridine rings is 2. The number of ether oxygens (including phenoxy) is 1. The molecule has 1 aliphatic rings. The second kappa shape index (κ2) is 11.6. The first kappa shape index (κ1) is 28.3. The van der Waals surface area contributed by atoms with Gasteiger partial charge in [-0.05, 0) is 50.3 Å². The van der Waals surface area contributed by atoms with Gasteiger partial charge in [0.15, 0.2) is 5.43 Å². The second-order valence-electron chi connectivity index (χ2n) is 11.5. The average molecular weight is 548 g/mol. The van der Waals surface area contributed by atoms with E-state index in [1.807, 2.05) is 23.0 Å². The summed E-state index contributed by atoms with van der Waals surface area (Å²) in [4.78, 5) is 17.3. The Labute approximate surface area is 221 Å². The van der Waals surface area contributed by atoms with Crippen molar-refractivity contribution in [3.63, 3.8) is 0 Å². The van der Waals surface area contributed by atoms with E-state index in [4.69, 9.17) is 10.00 Å². The minimum atomic E-state index is -4.43. The summed E-state index contributed by atoms with van der Waals surface area (Å²) in [6, 6.07) is 4.58. The van der Waals surface area contributed by atoms with Gasteiger partial charge in [0.2, 0.25) is 0 Å². The molecule has 0 spiro atoms. The van der Waals surface area contributed by atoms with Crippen molar-refractivity contribution in [1.29, 1.82) is 5.26 Å². The van der Waals surface area contributed by atoms with E-state index in [1.165, 1.54) is 0 Å². The Morgan fingerprint density at radius 3 is 2.58 bits per heavy atom. The van der Waals surface area contributed by atoms with Gasteiger partial charge >= 0.3 is 6.18 Å². The van der Waals surface area contributed by atoms with Gasteiger partial charge in [-0.2, -0.15) is 18.4 Å². The molecule has 1 unspecified atom stereocenters. The first-order valence-corrected chi connectivity index (χ1v) is 16.9. The summed E-state index contributed by atoms with van der Waals surface area (Å²) in [5, 5.41) is 12.8. The highest BCUT2D eigenvalue weighted by Crippen LogP contribution is 2.35. The van der Waals surface area contributed by atoms with Crippen molar-refractivity contribution in [2.75, 3.05) is 13.2 Å². The Balaban J connectivity index is 1.49. The van der Waals surface area contributed by atoms with E-state index in [-0.39, 0.29) is 23.9 Å². The molecule has 0 aliphatic heterocycles. The molecular weight excluding hydrogens is 511 g/mol. The maximum absolute atomic E-state index is 13.1. The van der Waals surface area contributed by atoms with Crippen LogP contribution in [0.3, 0.4) is 0 Å². The highest BCUT2D eigenvalue weighted by Gasteiger charge is 2.39. The molecule has 11 heteroatoms. The number of nitrogens with one attached hydrogen (secondary N) is 1. The molecule has 7 nitrogen and oxygen atoms in total. The highest BCUT2D eigenvalue weighted by molar-refractivity contribution is 6.76. The Morgan fingerprint density at radius 2 is 1.92 bits per heavy atom. The van der Waals surface area contributed by atoms with Crippen molar-refractivity contribution in [2.24, 2.45) is 5.92 Å². The van der Waals surface area contributed by atoms with Crippen LogP contribution >= 0.6 is 0 Å². The smallest absolute Gasteiger partial charge is 0.361 e. The van der Waals surface area contributed by atoms with Gasteiger partial charge in [0, 0.05) is 50.8 Å². The molecular formula is C27H36F3N5O2Si. The van der Waals surface area contributed by atoms with Crippen LogP contribution in [0.1, 0.15) is 38.1 Å². The molecule has 1 atom stereocenters. The molecule has 38 heavy (non-hydrogen) atoms. The van der Waals surface area contributed by atoms with Gasteiger partial charge in [-0.3, -0.25) is 4.79 Å². The zero-order valence-corrected chi connectivity index (χ0v) is 23.2. The molecule has 206 valence electrons. The summed E-state index contributed by atoms with van der Waals surface area (Å²) in [7, 11) is -1.19. The second-order valence-corrected chi connectivity index (χ2v) is 17.1. The fourth-order valence-electron chi connectivity index (χ4n) is 5.18. The van der Waals surface area contributed by atoms with Crippen molar-refractivity contribution < 1.29 is 17.9 Å². The van der Waals surface area contributed by atoms with Crippen LogP contribution in [0.25, 0.3) is 21.9 Å². The Morgan fingerprint density at radius 1 is 1.18 bits per heavy atom. The van der Waals surface area contributed by atoms with Gasteiger partial charge in [-0.1, -0.05) is 19.6 Å². The lowest BCUT2D eigenvalue weighted by molar-refractivity contribution is -0.155. The van der Waals surface area contributed by atoms with Crippen molar-refractivity contribution in [2.45, 2.75) is 82.8 Å². The van der Waals surface area contributed by atoms with E-state index >= 15 is 0 Å². The highest BCUT2D eigenvalue weighted by atomic mass is 28.3. The maximum atomic E-state index is 13.1. The van der Waals surface area contributed by atoms with Crippen LogP contribution < -0.4 is 10.7 Å². The number of rotatable bonds is 10. The molecule has 0 saturated heterocycles. The van der Waals surface area contributed by atoms with Crippen molar-refractivity contribution in [1.82, 2.24) is 19.4 Å². The van der Waals surface area contributed by atoms with E-state index in [0.29, 0.717) is 18.7 Å². The molecule has 1 fully saturated rings. The monoisotopic (exact) mass is 547 g/mol. The lowest BCUT2D eigenvalue weighted by Gasteiger charge is -2.32. The lowest BCUT2D eigenvalue weighted by Crippen LogP contribution is -2.44. The lowest BCUT2D eigenvalue weighted by atomic mass is 9.85. The first-order chi connectivity index (χ1) is 18.0. The number of hydrogen-bond acceptors (Lipinski definition) is 5. The van der Waals surface area contributed by atoms with E-state index in [1.54, 1.807) is 18.3 Å². The van der Waals surface area contributed by atoms with Gasteiger partial charge in [-0.15, -0.1) is 0 Å². The molecule has 1 saturated carbocycles. The number of aromatic nitrogens is 3. The Kier molecular flexibility index (Phi) is 8.64. The van der Waals surface area contributed by atoms with E-state index in [0.717, 1.165) is 48.3 Å². The standard InChI is InChI=1S/C27H36F3N5O2Si/c1-38(2,3)15-14-37-18-34-12-9-21-25-22(17-33-26(21)34)23(36)10-13-35(25)20-6-4-19(5-7-20)16-32-24(8-11-31)27(28,29)30/h9-10,12-13,17,19-20,24,32H,4-8,14-16,18H2,1-3H3.